The quantitative estimate of drug-likeness (QED) is 0.505. The fourth-order valence-corrected chi connectivity index (χ4v) is 3.57. The highest BCUT2D eigenvalue weighted by Crippen LogP contribution is 2.32. The molecule has 2 aromatic rings. The van der Waals surface area contributed by atoms with Crippen molar-refractivity contribution in [3.63, 3.8) is 0 Å². The van der Waals surface area contributed by atoms with Gasteiger partial charge in [0.25, 0.3) is 5.91 Å². The number of esters is 1. The lowest BCUT2D eigenvalue weighted by atomic mass is 10.0. The molecule has 0 radical (unpaired) electrons. The summed E-state index contributed by atoms with van der Waals surface area (Å²) in [5, 5.41) is 0. The van der Waals surface area contributed by atoms with Crippen LogP contribution in [0.2, 0.25) is 0 Å². The summed E-state index contributed by atoms with van der Waals surface area (Å²) in [5.74, 6) is 0.0904. The van der Waals surface area contributed by atoms with Gasteiger partial charge in [0.2, 0.25) is 0 Å². The molecule has 0 N–H and O–H groups in total. The van der Waals surface area contributed by atoms with E-state index in [4.69, 9.17) is 9.47 Å². The van der Waals surface area contributed by atoms with Gasteiger partial charge in [-0.15, -0.1) is 0 Å². The van der Waals surface area contributed by atoms with E-state index in [1.54, 1.807) is 25.0 Å². The zero-order valence-electron chi connectivity index (χ0n) is 18.6. The van der Waals surface area contributed by atoms with Crippen LogP contribution in [0, 0.1) is 0 Å². The molecule has 1 heterocycles. The predicted molar refractivity (Wildman–Crippen MR) is 122 cm³/mol. The van der Waals surface area contributed by atoms with E-state index in [-0.39, 0.29) is 5.91 Å². The maximum atomic E-state index is 13.2. The Labute approximate surface area is 183 Å². The molecule has 0 bridgehead atoms. The highest BCUT2D eigenvalue weighted by Gasteiger charge is 2.36. The average molecular weight is 421 g/mol. The summed E-state index contributed by atoms with van der Waals surface area (Å²) in [6.45, 7) is 2.25. The highest BCUT2D eigenvalue weighted by atomic mass is 16.5. The number of amides is 1. The molecule has 2 aromatic carbocycles. The molecule has 0 saturated carbocycles. The van der Waals surface area contributed by atoms with E-state index in [0.717, 1.165) is 22.6 Å². The van der Waals surface area contributed by atoms with Gasteiger partial charge in [0.15, 0.2) is 0 Å². The number of ether oxygens (including phenoxy) is 2. The molecule has 1 aliphatic rings. The van der Waals surface area contributed by atoms with Gasteiger partial charge in [-0.25, -0.2) is 4.79 Å². The molecular weight excluding hydrogens is 392 g/mol. The summed E-state index contributed by atoms with van der Waals surface area (Å²) in [4.78, 5) is 29.4. The fraction of sp³-hybridized carbons (Fsp3) is 0.280. The summed E-state index contributed by atoms with van der Waals surface area (Å²) >= 11 is 0. The van der Waals surface area contributed by atoms with Crippen LogP contribution in [0.25, 0.3) is 6.08 Å². The lowest BCUT2D eigenvalue weighted by molar-refractivity contribution is -0.136. The SMILES string of the molecule is COC(=O)C1=C(C)N(CCc2ccc(OC)cc2)C(=O)/C1=C/c1ccc(N(C)C)cc1. The first-order valence-corrected chi connectivity index (χ1v) is 10.1. The van der Waals surface area contributed by atoms with Crippen LogP contribution >= 0.6 is 0 Å². The van der Waals surface area contributed by atoms with Gasteiger partial charge in [-0.05, 0) is 54.8 Å². The van der Waals surface area contributed by atoms with Crippen molar-refractivity contribution >= 4 is 23.6 Å². The summed E-state index contributed by atoms with van der Waals surface area (Å²) < 4.78 is 10.2. The zero-order chi connectivity index (χ0) is 22.5. The lowest BCUT2D eigenvalue weighted by Crippen LogP contribution is -2.27. The minimum Gasteiger partial charge on any atom is -0.497 e. The monoisotopic (exact) mass is 420 g/mol. The van der Waals surface area contributed by atoms with Crippen LogP contribution in [0.15, 0.2) is 65.4 Å². The Bertz CT molecular complexity index is 1020. The second-order valence-electron chi connectivity index (χ2n) is 7.55. The van der Waals surface area contributed by atoms with E-state index < -0.39 is 5.97 Å². The van der Waals surface area contributed by atoms with E-state index in [1.807, 2.05) is 67.5 Å². The maximum Gasteiger partial charge on any atom is 0.340 e. The molecule has 1 aliphatic heterocycles. The largest absolute Gasteiger partial charge is 0.497 e. The van der Waals surface area contributed by atoms with Gasteiger partial charge in [-0.2, -0.15) is 0 Å². The van der Waals surface area contributed by atoms with Crippen LogP contribution in [-0.2, 0) is 20.7 Å². The van der Waals surface area contributed by atoms with E-state index >= 15 is 0 Å². The molecule has 31 heavy (non-hydrogen) atoms. The van der Waals surface area contributed by atoms with Crippen LogP contribution in [0.1, 0.15) is 18.1 Å². The number of carbonyl (C=O) groups excluding carboxylic acids is 2. The fourth-order valence-electron chi connectivity index (χ4n) is 3.57. The molecule has 162 valence electrons. The maximum absolute atomic E-state index is 13.2. The molecule has 0 unspecified atom stereocenters. The summed E-state index contributed by atoms with van der Waals surface area (Å²) in [5.41, 5.74) is 4.27. The molecule has 0 atom stereocenters. The summed E-state index contributed by atoms with van der Waals surface area (Å²) in [6.07, 6.45) is 2.41. The minimum absolute atomic E-state index is 0.192. The lowest BCUT2D eigenvalue weighted by Gasteiger charge is -2.18. The third-order valence-corrected chi connectivity index (χ3v) is 5.40. The van der Waals surface area contributed by atoms with E-state index in [9.17, 15) is 9.59 Å². The second-order valence-corrected chi connectivity index (χ2v) is 7.55. The normalized spacial score (nSPS) is 14.9. The van der Waals surface area contributed by atoms with Gasteiger partial charge >= 0.3 is 5.97 Å². The van der Waals surface area contributed by atoms with E-state index in [0.29, 0.717) is 29.8 Å². The number of methoxy groups -OCH3 is 2. The van der Waals surface area contributed by atoms with Crippen molar-refractivity contribution in [2.45, 2.75) is 13.3 Å². The number of hydrogen-bond donors (Lipinski definition) is 0. The standard InChI is InChI=1S/C25H28N2O4/c1-17-23(25(29)31-5)22(16-19-6-10-20(11-7-19)26(2)3)24(28)27(17)15-14-18-8-12-21(30-4)13-9-18/h6-13,16H,14-15H2,1-5H3/b22-16+. The number of nitrogens with zero attached hydrogens (tertiary/aromatic N) is 2. The molecule has 0 fully saturated rings. The number of rotatable bonds is 7. The number of carbonyl (C=O) groups is 2. The van der Waals surface area contributed by atoms with Crippen molar-refractivity contribution in [3.8, 4) is 5.75 Å². The Balaban J connectivity index is 1.87. The average Bonchev–Trinajstić information content (AvgIpc) is 3.01. The summed E-state index contributed by atoms with van der Waals surface area (Å²) in [6, 6.07) is 15.5. The molecule has 6 heteroatoms. The van der Waals surface area contributed by atoms with Crippen molar-refractivity contribution in [3.05, 3.63) is 76.5 Å². The van der Waals surface area contributed by atoms with Crippen molar-refractivity contribution in [2.24, 2.45) is 0 Å². The van der Waals surface area contributed by atoms with E-state index in [1.165, 1.54) is 7.11 Å². The van der Waals surface area contributed by atoms with Crippen molar-refractivity contribution in [1.29, 1.82) is 0 Å². The topological polar surface area (TPSA) is 59.1 Å². The molecule has 0 aromatic heterocycles. The Morgan fingerprint density at radius 1 is 1.03 bits per heavy atom. The van der Waals surface area contributed by atoms with Gasteiger partial charge in [0.05, 0.1) is 25.4 Å². The number of hydrogen-bond acceptors (Lipinski definition) is 5. The first kappa shape index (κ1) is 22.2. The number of anilines is 1. The third-order valence-electron chi connectivity index (χ3n) is 5.40. The van der Waals surface area contributed by atoms with Gasteiger partial charge < -0.3 is 19.3 Å². The Kier molecular flexibility index (Phi) is 6.80. The van der Waals surface area contributed by atoms with Gasteiger partial charge in [0.1, 0.15) is 5.75 Å². The first-order valence-electron chi connectivity index (χ1n) is 10.1. The Morgan fingerprint density at radius 3 is 2.23 bits per heavy atom. The molecule has 0 spiro atoms. The first-order chi connectivity index (χ1) is 14.8. The van der Waals surface area contributed by atoms with Crippen molar-refractivity contribution < 1.29 is 19.1 Å². The predicted octanol–water partition coefficient (Wildman–Crippen LogP) is 3.68. The second kappa shape index (κ2) is 9.51. The molecule has 0 saturated heterocycles. The van der Waals surface area contributed by atoms with Crippen LogP contribution in [0.4, 0.5) is 5.69 Å². The highest BCUT2D eigenvalue weighted by molar-refractivity contribution is 6.16. The molecule has 0 aliphatic carbocycles. The van der Waals surface area contributed by atoms with Crippen molar-refractivity contribution in [1.82, 2.24) is 4.90 Å². The van der Waals surface area contributed by atoms with Gasteiger partial charge in [-0.1, -0.05) is 24.3 Å². The molecule has 1 amide bonds. The van der Waals surface area contributed by atoms with Crippen molar-refractivity contribution in [2.75, 3.05) is 39.8 Å². The number of allylic oxidation sites excluding steroid dienone is 1. The minimum atomic E-state index is -0.506. The van der Waals surface area contributed by atoms with Crippen LogP contribution in [0.3, 0.4) is 0 Å². The van der Waals surface area contributed by atoms with Crippen LogP contribution in [-0.4, -0.2) is 51.6 Å². The third kappa shape index (κ3) is 4.79. The Hall–Kier alpha value is -3.54. The molecule has 3 rings (SSSR count). The van der Waals surface area contributed by atoms with Gasteiger partial charge in [-0.3, -0.25) is 4.79 Å². The summed E-state index contributed by atoms with van der Waals surface area (Å²) in [7, 11) is 6.89. The Morgan fingerprint density at radius 2 is 1.68 bits per heavy atom. The van der Waals surface area contributed by atoms with E-state index in [2.05, 4.69) is 0 Å². The molecular formula is C25H28N2O4. The van der Waals surface area contributed by atoms with Crippen LogP contribution in [0.5, 0.6) is 5.75 Å². The zero-order valence-corrected chi connectivity index (χ0v) is 18.6. The smallest absolute Gasteiger partial charge is 0.340 e. The molecule has 6 nitrogen and oxygen atoms in total. The van der Waals surface area contributed by atoms with Gasteiger partial charge in [0, 0.05) is 32.0 Å². The van der Waals surface area contributed by atoms with Crippen LogP contribution < -0.4 is 9.64 Å². The number of benzene rings is 2.